The van der Waals surface area contributed by atoms with Crippen molar-refractivity contribution in [2.24, 2.45) is 5.73 Å². The number of hydrogen-bond acceptors (Lipinski definition) is 1. The predicted molar refractivity (Wildman–Crippen MR) is 69.0 cm³/mol. The maximum atomic E-state index is 13.7. The van der Waals surface area contributed by atoms with Gasteiger partial charge in [-0.2, -0.15) is 0 Å². The van der Waals surface area contributed by atoms with Crippen LogP contribution >= 0.6 is 0 Å². The number of rotatable bonds is 3. The average Bonchev–Trinajstić information content (AvgIpc) is 2.44. The van der Waals surface area contributed by atoms with Crippen LogP contribution in [-0.4, -0.2) is 0 Å². The molecule has 0 radical (unpaired) electrons. The maximum Gasteiger partial charge on any atom is 0.195 e. The minimum atomic E-state index is -1.46. The lowest BCUT2D eigenvalue weighted by molar-refractivity contribution is 0.449. The van der Waals surface area contributed by atoms with Gasteiger partial charge < -0.3 is 5.73 Å². The molecule has 1 nitrogen and oxygen atoms in total. The first-order chi connectivity index (χ1) is 9.04. The molecule has 2 aromatic rings. The molecular weight excluding hydrogens is 251 g/mol. The zero-order valence-corrected chi connectivity index (χ0v) is 10.5. The van der Waals surface area contributed by atoms with Crippen molar-refractivity contribution in [1.29, 1.82) is 0 Å². The lowest BCUT2D eigenvalue weighted by Crippen LogP contribution is -2.08. The van der Waals surface area contributed by atoms with Gasteiger partial charge in [0, 0.05) is 11.6 Å². The quantitative estimate of drug-likeness (QED) is 0.828. The van der Waals surface area contributed by atoms with Crippen molar-refractivity contribution in [3.8, 4) is 11.1 Å². The van der Waals surface area contributed by atoms with Crippen molar-refractivity contribution < 1.29 is 13.2 Å². The largest absolute Gasteiger partial charge is 0.324 e. The highest BCUT2D eigenvalue weighted by Gasteiger charge is 2.15. The van der Waals surface area contributed by atoms with E-state index in [-0.39, 0.29) is 11.6 Å². The van der Waals surface area contributed by atoms with E-state index in [1.54, 1.807) is 18.2 Å². The van der Waals surface area contributed by atoms with E-state index in [1.165, 1.54) is 6.07 Å². The molecule has 4 heteroatoms. The Labute approximate surface area is 109 Å². The Morgan fingerprint density at radius 3 is 2.47 bits per heavy atom. The second-order valence-electron chi connectivity index (χ2n) is 4.36. The van der Waals surface area contributed by atoms with Crippen LogP contribution in [-0.2, 0) is 0 Å². The van der Waals surface area contributed by atoms with Crippen LogP contribution in [0.25, 0.3) is 11.1 Å². The molecular formula is C15H14F3N. The number of nitrogens with two attached hydrogens (primary N) is 1. The molecule has 2 aromatic carbocycles. The van der Waals surface area contributed by atoms with Crippen molar-refractivity contribution in [1.82, 2.24) is 0 Å². The van der Waals surface area contributed by atoms with Crippen molar-refractivity contribution in [2.75, 3.05) is 0 Å². The summed E-state index contributed by atoms with van der Waals surface area (Å²) in [6.45, 7) is 1.94. The second kappa shape index (κ2) is 5.45. The fourth-order valence-corrected chi connectivity index (χ4v) is 1.92. The van der Waals surface area contributed by atoms with Gasteiger partial charge in [0.05, 0.1) is 0 Å². The lowest BCUT2D eigenvalue weighted by Gasteiger charge is -2.11. The Morgan fingerprint density at radius 1 is 1.05 bits per heavy atom. The van der Waals surface area contributed by atoms with Crippen LogP contribution < -0.4 is 5.73 Å². The monoisotopic (exact) mass is 265 g/mol. The molecule has 0 saturated heterocycles. The van der Waals surface area contributed by atoms with Crippen LogP contribution in [0.5, 0.6) is 0 Å². The first-order valence-corrected chi connectivity index (χ1v) is 6.04. The van der Waals surface area contributed by atoms with Gasteiger partial charge in [0.2, 0.25) is 0 Å². The summed E-state index contributed by atoms with van der Waals surface area (Å²) in [5.74, 6) is -3.83. The third kappa shape index (κ3) is 2.63. The van der Waals surface area contributed by atoms with Gasteiger partial charge in [-0.15, -0.1) is 0 Å². The van der Waals surface area contributed by atoms with Crippen molar-refractivity contribution >= 4 is 0 Å². The van der Waals surface area contributed by atoms with Gasteiger partial charge in [-0.3, -0.25) is 0 Å². The van der Waals surface area contributed by atoms with Crippen molar-refractivity contribution in [3.63, 3.8) is 0 Å². The van der Waals surface area contributed by atoms with Gasteiger partial charge in [0.1, 0.15) is 0 Å². The van der Waals surface area contributed by atoms with Crippen molar-refractivity contribution in [3.05, 3.63) is 59.4 Å². The van der Waals surface area contributed by atoms with Gasteiger partial charge in [-0.1, -0.05) is 25.1 Å². The first-order valence-electron chi connectivity index (χ1n) is 6.04. The van der Waals surface area contributed by atoms with Crippen LogP contribution in [0.4, 0.5) is 13.2 Å². The summed E-state index contributed by atoms with van der Waals surface area (Å²) in [5, 5.41) is 0. The highest BCUT2D eigenvalue weighted by molar-refractivity contribution is 5.65. The van der Waals surface area contributed by atoms with E-state index in [0.29, 0.717) is 5.56 Å². The molecule has 0 aliphatic rings. The molecule has 100 valence electrons. The summed E-state index contributed by atoms with van der Waals surface area (Å²) in [6, 6.07) is 8.88. The molecule has 0 aliphatic heterocycles. The predicted octanol–water partition coefficient (Wildman–Crippen LogP) is 4.18. The smallest absolute Gasteiger partial charge is 0.195 e. The molecule has 0 aromatic heterocycles. The minimum Gasteiger partial charge on any atom is -0.324 e. The van der Waals surface area contributed by atoms with E-state index in [4.69, 9.17) is 5.73 Å². The van der Waals surface area contributed by atoms with Gasteiger partial charge >= 0.3 is 0 Å². The van der Waals surface area contributed by atoms with E-state index in [1.807, 2.05) is 13.0 Å². The maximum absolute atomic E-state index is 13.7. The van der Waals surface area contributed by atoms with Crippen LogP contribution in [0.3, 0.4) is 0 Å². The Balaban J connectivity index is 2.51. The average molecular weight is 265 g/mol. The van der Waals surface area contributed by atoms with Crippen LogP contribution in [0.1, 0.15) is 24.9 Å². The number of halogens is 3. The standard InChI is InChI=1S/C15H14F3N/c1-2-13(19)10-5-3-4-9(8-10)11-6-7-12(16)15(18)14(11)17/h3-8,13H,2,19H2,1H3. The van der Waals surface area contributed by atoms with Crippen LogP contribution in [0, 0.1) is 17.5 Å². The lowest BCUT2D eigenvalue weighted by atomic mass is 9.98. The van der Waals surface area contributed by atoms with Crippen molar-refractivity contribution in [2.45, 2.75) is 19.4 Å². The summed E-state index contributed by atoms with van der Waals surface area (Å²) in [7, 11) is 0. The van der Waals surface area contributed by atoms with E-state index in [2.05, 4.69) is 0 Å². The van der Waals surface area contributed by atoms with E-state index >= 15 is 0 Å². The molecule has 0 fully saturated rings. The normalized spacial score (nSPS) is 12.5. The van der Waals surface area contributed by atoms with E-state index in [9.17, 15) is 13.2 Å². The zero-order chi connectivity index (χ0) is 14.0. The minimum absolute atomic E-state index is 0.0315. The Hall–Kier alpha value is -1.81. The molecule has 0 amide bonds. The summed E-state index contributed by atoms with van der Waals surface area (Å²) in [6.07, 6.45) is 0.740. The Morgan fingerprint density at radius 2 is 1.79 bits per heavy atom. The van der Waals surface area contributed by atoms with Crippen LogP contribution in [0.15, 0.2) is 36.4 Å². The fraction of sp³-hybridized carbons (Fsp3) is 0.200. The summed E-state index contributed by atoms with van der Waals surface area (Å²) >= 11 is 0. The number of benzene rings is 2. The summed E-state index contributed by atoms with van der Waals surface area (Å²) < 4.78 is 39.8. The highest BCUT2D eigenvalue weighted by Crippen LogP contribution is 2.28. The first kappa shape index (κ1) is 13.6. The van der Waals surface area contributed by atoms with E-state index < -0.39 is 17.5 Å². The summed E-state index contributed by atoms with van der Waals surface area (Å²) in [5.41, 5.74) is 7.26. The van der Waals surface area contributed by atoms with Gasteiger partial charge in [-0.25, -0.2) is 13.2 Å². The van der Waals surface area contributed by atoms with Gasteiger partial charge in [0.25, 0.3) is 0 Å². The molecule has 0 saturated carbocycles. The molecule has 0 spiro atoms. The van der Waals surface area contributed by atoms with E-state index in [0.717, 1.165) is 18.1 Å². The Bertz CT molecular complexity index is 596. The highest BCUT2D eigenvalue weighted by atomic mass is 19.2. The third-order valence-electron chi connectivity index (χ3n) is 3.10. The molecule has 19 heavy (non-hydrogen) atoms. The molecule has 0 aliphatic carbocycles. The second-order valence-corrected chi connectivity index (χ2v) is 4.36. The number of hydrogen-bond donors (Lipinski definition) is 1. The molecule has 0 bridgehead atoms. The SMILES string of the molecule is CCC(N)c1cccc(-c2ccc(F)c(F)c2F)c1. The molecule has 2 N–H and O–H groups in total. The molecule has 1 atom stereocenters. The topological polar surface area (TPSA) is 26.0 Å². The van der Waals surface area contributed by atoms with Gasteiger partial charge in [0.15, 0.2) is 17.5 Å². The fourth-order valence-electron chi connectivity index (χ4n) is 1.92. The molecule has 0 heterocycles. The molecule has 2 rings (SSSR count). The Kier molecular flexibility index (Phi) is 3.90. The zero-order valence-electron chi connectivity index (χ0n) is 10.5. The van der Waals surface area contributed by atoms with Crippen LogP contribution in [0.2, 0.25) is 0 Å². The van der Waals surface area contributed by atoms with Gasteiger partial charge in [-0.05, 0) is 35.7 Å². The summed E-state index contributed by atoms with van der Waals surface area (Å²) in [4.78, 5) is 0. The third-order valence-corrected chi connectivity index (χ3v) is 3.10. The molecule has 1 unspecified atom stereocenters.